The molecule has 1 aliphatic rings. The second-order valence-corrected chi connectivity index (χ2v) is 7.92. The summed E-state index contributed by atoms with van der Waals surface area (Å²) in [6, 6.07) is 12.0. The van der Waals surface area contributed by atoms with Gasteiger partial charge in [-0.15, -0.1) is 0 Å². The molecule has 0 unspecified atom stereocenters. The SMILES string of the molecule is COc1ccc(S(=O)(=O)n2cnc3c(N4CCNCC4)cccc32)cc1. The van der Waals surface area contributed by atoms with E-state index in [2.05, 4.69) is 15.2 Å². The van der Waals surface area contributed by atoms with E-state index in [9.17, 15) is 8.42 Å². The maximum absolute atomic E-state index is 13.1. The number of anilines is 1. The van der Waals surface area contributed by atoms with Crippen molar-refractivity contribution in [1.29, 1.82) is 0 Å². The van der Waals surface area contributed by atoms with Gasteiger partial charge in [-0.1, -0.05) is 6.07 Å². The fourth-order valence-electron chi connectivity index (χ4n) is 3.22. The fourth-order valence-corrected chi connectivity index (χ4v) is 4.50. The molecule has 2 aromatic carbocycles. The molecule has 1 N–H and O–H groups in total. The van der Waals surface area contributed by atoms with Crippen LogP contribution in [0, 0.1) is 0 Å². The van der Waals surface area contributed by atoms with Crippen molar-refractivity contribution in [2.24, 2.45) is 0 Å². The van der Waals surface area contributed by atoms with Gasteiger partial charge in [0.05, 0.1) is 23.2 Å². The van der Waals surface area contributed by atoms with Crippen LogP contribution in [0.4, 0.5) is 5.69 Å². The highest BCUT2D eigenvalue weighted by atomic mass is 32.2. The van der Waals surface area contributed by atoms with Crippen molar-refractivity contribution in [3.8, 4) is 5.75 Å². The first kappa shape index (κ1) is 16.9. The summed E-state index contributed by atoms with van der Waals surface area (Å²) in [5, 5.41) is 3.32. The summed E-state index contributed by atoms with van der Waals surface area (Å²) in [6.07, 6.45) is 1.38. The van der Waals surface area contributed by atoms with Gasteiger partial charge in [0.1, 0.15) is 17.6 Å². The minimum atomic E-state index is -3.73. The highest BCUT2D eigenvalue weighted by molar-refractivity contribution is 7.90. The number of ether oxygens (including phenoxy) is 1. The molecule has 0 spiro atoms. The molecule has 8 heteroatoms. The van der Waals surface area contributed by atoms with Crippen LogP contribution in [0.3, 0.4) is 0 Å². The van der Waals surface area contributed by atoms with Crippen LogP contribution in [0.25, 0.3) is 11.0 Å². The molecule has 3 aromatic rings. The number of benzene rings is 2. The lowest BCUT2D eigenvalue weighted by Gasteiger charge is -2.29. The topological polar surface area (TPSA) is 76.5 Å². The molecule has 1 aliphatic heterocycles. The number of methoxy groups -OCH3 is 1. The Labute approximate surface area is 152 Å². The summed E-state index contributed by atoms with van der Waals surface area (Å²) >= 11 is 0. The number of hydrogen-bond acceptors (Lipinski definition) is 6. The van der Waals surface area contributed by atoms with Gasteiger partial charge in [-0.3, -0.25) is 0 Å². The quantitative estimate of drug-likeness (QED) is 0.751. The van der Waals surface area contributed by atoms with Crippen molar-refractivity contribution in [1.82, 2.24) is 14.3 Å². The van der Waals surface area contributed by atoms with Crippen LogP contribution >= 0.6 is 0 Å². The maximum atomic E-state index is 13.1. The van der Waals surface area contributed by atoms with E-state index in [-0.39, 0.29) is 4.90 Å². The zero-order chi connectivity index (χ0) is 18.1. The van der Waals surface area contributed by atoms with Gasteiger partial charge in [-0.05, 0) is 36.4 Å². The third-order valence-corrected chi connectivity index (χ3v) is 6.27. The van der Waals surface area contributed by atoms with Crippen molar-refractivity contribution in [3.05, 3.63) is 48.8 Å². The van der Waals surface area contributed by atoms with E-state index >= 15 is 0 Å². The molecule has 26 heavy (non-hydrogen) atoms. The predicted molar refractivity (Wildman–Crippen MR) is 100 cm³/mol. The third-order valence-electron chi connectivity index (χ3n) is 4.60. The Morgan fingerprint density at radius 1 is 1.08 bits per heavy atom. The number of nitrogens with one attached hydrogen (secondary N) is 1. The molecule has 0 aliphatic carbocycles. The number of nitrogens with zero attached hydrogens (tertiary/aromatic N) is 3. The summed E-state index contributed by atoms with van der Waals surface area (Å²) in [5.74, 6) is 0.612. The van der Waals surface area contributed by atoms with E-state index in [0.717, 1.165) is 31.9 Å². The number of hydrogen-bond donors (Lipinski definition) is 1. The molecule has 2 heterocycles. The Hall–Kier alpha value is -2.58. The second kappa shape index (κ2) is 6.62. The summed E-state index contributed by atoms with van der Waals surface area (Å²) in [6.45, 7) is 3.55. The van der Waals surface area contributed by atoms with E-state index in [0.29, 0.717) is 16.8 Å². The van der Waals surface area contributed by atoms with Crippen molar-refractivity contribution >= 4 is 26.7 Å². The van der Waals surface area contributed by atoms with Gasteiger partial charge in [-0.25, -0.2) is 17.4 Å². The monoisotopic (exact) mass is 372 g/mol. The van der Waals surface area contributed by atoms with Crippen LogP contribution < -0.4 is 15.0 Å². The molecule has 0 radical (unpaired) electrons. The van der Waals surface area contributed by atoms with Crippen molar-refractivity contribution in [2.45, 2.75) is 4.90 Å². The van der Waals surface area contributed by atoms with Crippen LogP contribution in [0.1, 0.15) is 0 Å². The number of piperazine rings is 1. The van der Waals surface area contributed by atoms with E-state index in [1.54, 1.807) is 37.4 Å². The van der Waals surface area contributed by atoms with Crippen molar-refractivity contribution in [3.63, 3.8) is 0 Å². The molecule has 4 rings (SSSR count). The van der Waals surface area contributed by atoms with Gasteiger partial charge in [0.2, 0.25) is 0 Å². The summed E-state index contributed by atoms with van der Waals surface area (Å²) in [7, 11) is -2.18. The van der Waals surface area contributed by atoms with E-state index in [1.165, 1.54) is 10.3 Å². The minimum absolute atomic E-state index is 0.199. The van der Waals surface area contributed by atoms with Crippen LogP contribution in [0.15, 0.2) is 53.7 Å². The number of fused-ring (bicyclic) bond motifs is 1. The van der Waals surface area contributed by atoms with Gasteiger partial charge >= 0.3 is 0 Å². The summed E-state index contributed by atoms with van der Waals surface area (Å²) in [5.41, 5.74) is 2.25. The smallest absolute Gasteiger partial charge is 0.269 e. The first-order chi connectivity index (χ1) is 12.6. The Morgan fingerprint density at radius 2 is 1.81 bits per heavy atom. The molecule has 1 saturated heterocycles. The van der Waals surface area contributed by atoms with E-state index in [4.69, 9.17) is 4.74 Å². The second-order valence-electron chi connectivity index (χ2n) is 6.10. The molecular weight excluding hydrogens is 352 g/mol. The van der Waals surface area contributed by atoms with Crippen LogP contribution in [0.5, 0.6) is 5.75 Å². The summed E-state index contributed by atoms with van der Waals surface area (Å²) < 4.78 is 32.5. The highest BCUT2D eigenvalue weighted by Gasteiger charge is 2.22. The minimum Gasteiger partial charge on any atom is -0.497 e. The molecule has 7 nitrogen and oxygen atoms in total. The zero-order valence-electron chi connectivity index (χ0n) is 14.4. The van der Waals surface area contributed by atoms with Gasteiger partial charge < -0.3 is 15.0 Å². The Kier molecular flexibility index (Phi) is 4.29. The van der Waals surface area contributed by atoms with Gasteiger partial charge in [0.25, 0.3) is 10.0 Å². The fraction of sp³-hybridized carbons (Fsp3) is 0.278. The third kappa shape index (κ3) is 2.81. The first-order valence-corrected chi connectivity index (χ1v) is 9.86. The van der Waals surface area contributed by atoms with Crippen molar-refractivity contribution in [2.75, 3.05) is 38.2 Å². The molecule has 136 valence electrons. The number of para-hydroxylation sites is 1. The van der Waals surface area contributed by atoms with Gasteiger partial charge in [0, 0.05) is 26.2 Å². The van der Waals surface area contributed by atoms with Crippen LogP contribution in [-0.4, -0.2) is 50.7 Å². The van der Waals surface area contributed by atoms with Crippen molar-refractivity contribution < 1.29 is 13.2 Å². The lowest BCUT2D eigenvalue weighted by molar-refractivity contribution is 0.414. The normalized spacial score (nSPS) is 15.3. The Balaban J connectivity index is 1.79. The average Bonchev–Trinajstić information content (AvgIpc) is 3.14. The molecular formula is C18H20N4O3S. The average molecular weight is 372 g/mol. The lowest BCUT2D eigenvalue weighted by Crippen LogP contribution is -2.43. The lowest BCUT2D eigenvalue weighted by atomic mass is 10.2. The zero-order valence-corrected chi connectivity index (χ0v) is 15.2. The molecule has 0 atom stereocenters. The Bertz CT molecular complexity index is 1020. The largest absolute Gasteiger partial charge is 0.497 e. The standard InChI is InChI=1S/C18H20N4O3S/c1-25-14-5-7-15(8-6-14)26(23,24)22-13-20-18-16(3-2-4-17(18)22)21-11-9-19-10-12-21/h2-8,13,19H,9-12H2,1H3. The summed E-state index contributed by atoms with van der Waals surface area (Å²) in [4.78, 5) is 6.85. The maximum Gasteiger partial charge on any atom is 0.269 e. The first-order valence-electron chi connectivity index (χ1n) is 8.42. The molecule has 1 fully saturated rings. The highest BCUT2D eigenvalue weighted by Crippen LogP contribution is 2.28. The molecule has 0 saturated carbocycles. The Morgan fingerprint density at radius 3 is 2.50 bits per heavy atom. The molecule has 0 amide bonds. The number of aromatic nitrogens is 2. The number of rotatable bonds is 4. The van der Waals surface area contributed by atoms with Crippen LogP contribution in [0.2, 0.25) is 0 Å². The van der Waals surface area contributed by atoms with Crippen LogP contribution in [-0.2, 0) is 10.0 Å². The number of imidazole rings is 1. The van der Waals surface area contributed by atoms with E-state index < -0.39 is 10.0 Å². The molecule has 0 bridgehead atoms. The van der Waals surface area contributed by atoms with Gasteiger partial charge in [-0.2, -0.15) is 0 Å². The molecule has 1 aromatic heterocycles. The predicted octanol–water partition coefficient (Wildman–Crippen LogP) is 1.69. The van der Waals surface area contributed by atoms with E-state index in [1.807, 2.05) is 12.1 Å². The van der Waals surface area contributed by atoms with Gasteiger partial charge in [0.15, 0.2) is 0 Å².